The minimum atomic E-state index is -0.323. The summed E-state index contributed by atoms with van der Waals surface area (Å²) >= 11 is 0. The molecule has 1 aromatic carbocycles. The van der Waals surface area contributed by atoms with Gasteiger partial charge in [-0.2, -0.15) is 0 Å². The molecule has 0 amide bonds. The molecular weight excluding hydrogens is 257 g/mol. The van der Waals surface area contributed by atoms with E-state index in [9.17, 15) is 4.39 Å². The van der Waals surface area contributed by atoms with Gasteiger partial charge in [0.25, 0.3) is 0 Å². The minimum Gasteiger partial charge on any atom is -0.494 e. The van der Waals surface area contributed by atoms with Crippen LogP contribution < -0.4 is 10.1 Å². The lowest BCUT2D eigenvalue weighted by atomic mass is 9.84. The summed E-state index contributed by atoms with van der Waals surface area (Å²) in [5, 5.41) is 3.31. The van der Waals surface area contributed by atoms with Gasteiger partial charge in [0.1, 0.15) is 0 Å². The van der Waals surface area contributed by atoms with E-state index in [1.807, 2.05) is 13.1 Å². The van der Waals surface area contributed by atoms with Gasteiger partial charge in [-0.15, -0.1) is 0 Å². The Morgan fingerprint density at radius 2 is 1.90 bits per heavy atom. The molecule has 0 saturated carbocycles. The van der Waals surface area contributed by atoms with Crippen LogP contribution in [0, 0.1) is 5.82 Å². The van der Waals surface area contributed by atoms with Gasteiger partial charge in [-0.05, 0) is 44.0 Å². The van der Waals surface area contributed by atoms with Crippen LogP contribution in [0.1, 0.15) is 32.3 Å². The number of methoxy groups -OCH3 is 2. The van der Waals surface area contributed by atoms with Crippen molar-refractivity contribution < 1.29 is 13.9 Å². The van der Waals surface area contributed by atoms with Crippen molar-refractivity contribution in [3.05, 3.63) is 29.6 Å². The summed E-state index contributed by atoms with van der Waals surface area (Å²) in [4.78, 5) is 0. The highest BCUT2D eigenvalue weighted by Gasteiger charge is 2.34. The fourth-order valence-corrected chi connectivity index (χ4v) is 2.80. The standard InChI is InChI=1S/C16H26FNO2/c1-6-16(7-2,20-5)15(18-3)11-12-8-9-14(19-4)13(17)10-12/h8-10,15,18H,6-7,11H2,1-5H3. The third kappa shape index (κ3) is 3.49. The quantitative estimate of drug-likeness (QED) is 0.795. The van der Waals surface area contributed by atoms with Gasteiger partial charge in [0.15, 0.2) is 11.6 Å². The molecule has 1 unspecified atom stereocenters. The molecule has 114 valence electrons. The second kappa shape index (κ2) is 7.60. The lowest BCUT2D eigenvalue weighted by molar-refractivity contribution is -0.0454. The zero-order chi connectivity index (χ0) is 15.2. The van der Waals surface area contributed by atoms with Crippen LogP contribution in [0.2, 0.25) is 0 Å². The van der Waals surface area contributed by atoms with Crippen molar-refractivity contribution in [2.45, 2.75) is 44.8 Å². The Balaban J connectivity index is 2.95. The molecule has 3 nitrogen and oxygen atoms in total. The average molecular weight is 283 g/mol. The molecule has 1 aromatic rings. The first-order valence-corrected chi connectivity index (χ1v) is 7.11. The molecule has 0 fully saturated rings. The van der Waals surface area contributed by atoms with Crippen molar-refractivity contribution in [1.82, 2.24) is 5.32 Å². The largest absolute Gasteiger partial charge is 0.494 e. The Labute approximate surface area is 121 Å². The predicted molar refractivity (Wildman–Crippen MR) is 79.8 cm³/mol. The number of ether oxygens (including phenoxy) is 2. The summed E-state index contributed by atoms with van der Waals surface area (Å²) in [6.07, 6.45) is 2.53. The molecule has 0 aliphatic rings. The molecule has 0 heterocycles. The molecule has 1 rings (SSSR count). The molecule has 20 heavy (non-hydrogen) atoms. The van der Waals surface area contributed by atoms with Gasteiger partial charge in [-0.3, -0.25) is 0 Å². The minimum absolute atomic E-state index is 0.135. The van der Waals surface area contributed by atoms with E-state index in [4.69, 9.17) is 9.47 Å². The van der Waals surface area contributed by atoms with E-state index in [0.29, 0.717) is 6.42 Å². The van der Waals surface area contributed by atoms with Crippen LogP contribution in [0.3, 0.4) is 0 Å². The predicted octanol–water partition coefficient (Wildman–Crippen LogP) is 3.17. The summed E-state index contributed by atoms with van der Waals surface area (Å²) in [6.45, 7) is 4.23. The molecule has 0 radical (unpaired) electrons. The highest BCUT2D eigenvalue weighted by molar-refractivity contribution is 5.30. The van der Waals surface area contributed by atoms with Gasteiger partial charge in [-0.25, -0.2) is 4.39 Å². The van der Waals surface area contributed by atoms with Crippen molar-refractivity contribution in [2.24, 2.45) is 0 Å². The Morgan fingerprint density at radius 3 is 2.30 bits per heavy atom. The molecular formula is C16H26FNO2. The van der Waals surface area contributed by atoms with E-state index in [-0.39, 0.29) is 23.2 Å². The maximum Gasteiger partial charge on any atom is 0.165 e. The summed E-state index contributed by atoms with van der Waals surface area (Å²) in [6, 6.07) is 5.24. The monoisotopic (exact) mass is 283 g/mol. The van der Waals surface area contributed by atoms with Crippen molar-refractivity contribution >= 4 is 0 Å². The first-order valence-electron chi connectivity index (χ1n) is 7.11. The van der Waals surface area contributed by atoms with Crippen LogP contribution in [0.15, 0.2) is 18.2 Å². The van der Waals surface area contributed by atoms with Crippen molar-refractivity contribution in [1.29, 1.82) is 0 Å². The van der Waals surface area contributed by atoms with Gasteiger partial charge in [0, 0.05) is 13.2 Å². The highest BCUT2D eigenvalue weighted by Crippen LogP contribution is 2.27. The molecule has 1 atom stereocenters. The molecule has 0 aliphatic heterocycles. The van der Waals surface area contributed by atoms with Gasteiger partial charge >= 0.3 is 0 Å². The van der Waals surface area contributed by atoms with Crippen LogP contribution in [0.25, 0.3) is 0 Å². The van der Waals surface area contributed by atoms with E-state index in [2.05, 4.69) is 19.2 Å². The molecule has 4 heteroatoms. The zero-order valence-electron chi connectivity index (χ0n) is 13.1. The lowest BCUT2D eigenvalue weighted by Gasteiger charge is -2.38. The third-order valence-electron chi connectivity index (χ3n) is 4.24. The molecule has 0 saturated heterocycles. The van der Waals surface area contributed by atoms with E-state index in [0.717, 1.165) is 18.4 Å². The molecule has 0 bridgehead atoms. The van der Waals surface area contributed by atoms with E-state index in [1.165, 1.54) is 13.2 Å². The highest BCUT2D eigenvalue weighted by atomic mass is 19.1. The number of halogens is 1. The number of hydrogen-bond acceptors (Lipinski definition) is 3. The molecule has 1 N–H and O–H groups in total. The Kier molecular flexibility index (Phi) is 6.43. The third-order valence-corrected chi connectivity index (χ3v) is 4.24. The Hall–Kier alpha value is -1.13. The second-order valence-electron chi connectivity index (χ2n) is 4.99. The SMILES string of the molecule is CCC(CC)(OC)C(Cc1ccc(OC)c(F)c1)NC. The molecule has 0 aromatic heterocycles. The number of nitrogens with one attached hydrogen (secondary N) is 1. The second-order valence-corrected chi connectivity index (χ2v) is 4.99. The maximum absolute atomic E-state index is 13.8. The topological polar surface area (TPSA) is 30.5 Å². The van der Waals surface area contributed by atoms with Crippen LogP contribution in [-0.2, 0) is 11.2 Å². The van der Waals surface area contributed by atoms with Crippen molar-refractivity contribution in [2.75, 3.05) is 21.3 Å². The summed E-state index contributed by atoms with van der Waals surface area (Å²) in [5.74, 6) is -0.0467. The maximum atomic E-state index is 13.8. The van der Waals surface area contributed by atoms with Crippen molar-refractivity contribution in [3.8, 4) is 5.75 Å². The number of hydrogen-bond donors (Lipinski definition) is 1. The van der Waals surface area contributed by atoms with Crippen LogP contribution in [-0.4, -0.2) is 32.9 Å². The van der Waals surface area contributed by atoms with E-state index in [1.54, 1.807) is 13.2 Å². The summed E-state index contributed by atoms with van der Waals surface area (Å²) in [5.41, 5.74) is 0.705. The normalized spacial score (nSPS) is 13.3. The number of benzene rings is 1. The van der Waals surface area contributed by atoms with Crippen molar-refractivity contribution in [3.63, 3.8) is 0 Å². The number of likely N-dealkylation sites (N-methyl/N-ethyl adjacent to an activating group) is 1. The van der Waals surface area contributed by atoms with E-state index >= 15 is 0 Å². The van der Waals surface area contributed by atoms with Gasteiger partial charge in [-0.1, -0.05) is 19.9 Å². The Bertz CT molecular complexity index is 411. The zero-order valence-corrected chi connectivity index (χ0v) is 13.1. The van der Waals surface area contributed by atoms with Gasteiger partial charge in [0.05, 0.1) is 12.7 Å². The first-order chi connectivity index (χ1) is 9.56. The molecule has 0 spiro atoms. The lowest BCUT2D eigenvalue weighted by Crippen LogP contribution is -2.51. The smallest absolute Gasteiger partial charge is 0.165 e. The van der Waals surface area contributed by atoms with Crippen LogP contribution in [0.5, 0.6) is 5.75 Å². The first kappa shape index (κ1) is 16.9. The fourth-order valence-electron chi connectivity index (χ4n) is 2.80. The summed E-state index contributed by atoms with van der Waals surface area (Å²) < 4.78 is 24.5. The van der Waals surface area contributed by atoms with E-state index < -0.39 is 0 Å². The number of rotatable bonds is 8. The summed E-state index contributed by atoms with van der Waals surface area (Å²) in [7, 11) is 5.13. The van der Waals surface area contributed by atoms with Gasteiger partial charge < -0.3 is 14.8 Å². The van der Waals surface area contributed by atoms with Crippen LogP contribution >= 0.6 is 0 Å². The van der Waals surface area contributed by atoms with Crippen LogP contribution in [0.4, 0.5) is 4.39 Å². The van der Waals surface area contributed by atoms with Gasteiger partial charge in [0.2, 0.25) is 0 Å². The Morgan fingerprint density at radius 1 is 1.25 bits per heavy atom. The fraction of sp³-hybridized carbons (Fsp3) is 0.625. The average Bonchev–Trinajstić information content (AvgIpc) is 2.48. The molecule has 0 aliphatic carbocycles.